The number of hydrogen-bond acceptors (Lipinski definition) is 4. The Morgan fingerprint density at radius 3 is 2.56 bits per heavy atom. The molecule has 2 aromatic heterocycles. The van der Waals surface area contributed by atoms with Gasteiger partial charge in [-0.3, -0.25) is 14.2 Å². The second kappa shape index (κ2) is 7.84. The topological polar surface area (TPSA) is 65.2 Å². The SMILES string of the molecule is COc1cccc(C(=O)N2CCc3c(nn(C)c3-c3cc(C(F)(F)F)n(C)n3)C2C)c1Cl. The van der Waals surface area contributed by atoms with Crippen molar-refractivity contribution in [2.24, 2.45) is 14.1 Å². The average molecular weight is 468 g/mol. The summed E-state index contributed by atoms with van der Waals surface area (Å²) in [5.74, 6) is 0.134. The number of rotatable bonds is 3. The smallest absolute Gasteiger partial charge is 0.433 e. The highest BCUT2D eigenvalue weighted by Crippen LogP contribution is 2.38. The molecule has 0 fully saturated rings. The van der Waals surface area contributed by atoms with Crippen molar-refractivity contribution in [3.63, 3.8) is 0 Å². The highest BCUT2D eigenvalue weighted by atomic mass is 35.5. The number of aryl methyl sites for hydroxylation is 2. The van der Waals surface area contributed by atoms with Crippen LogP contribution >= 0.6 is 11.6 Å². The molecule has 0 saturated heterocycles. The summed E-state index contributed by atoms with van der Waals surface area (Å²) in [5, 5.41) is 8.83. The third-order valence-corrected chi connectivity index (χ3v) is 6.12. The molecule has 0 bridgehead atoms. The molecular formula is C21H21ClF3N5O2. The summed E-state index contributed by atoms with van der Waals surface area (Å²) in [5.41, 5.74) is 1.60. The van der Waals surface area contributed by atoms with E-state index in [0.717, 1.165) is 16.3 Å². The number of carbonyl (C=O) groups excluding carboxylic acids is 1. The van der Waals surface area contributed by atoms with Gasteiger partial charge in [-0.2, -0.15) is 23.4 Å². The number of benzene rings is 1. The van der Waals surface area contributed by atoms with Crippen molar-refractivity contribution in [3.8, 4) is 17.1 Å². The first kappa shape index (κ1) is 22.2. The van der Waals surface area contributed by atoms with E-state index in [1.165, 1.54) is 18.8 Å². The third kappa shape index (κ3) is 3.52. The summed E-state index contributed by atoms with van der Waals surface area (Å²) in [6, 6.07) is 5.61. The first-order chi connectivity index (χ1) is 15.0. The van der Waals surface area contributed by atoms with Crippen LogP contribution in [0.3, 0.4) is 0 Å². The summed E-state index contributed by atoms with van der Waals surface area (Å²) in [6.07, 6.45) is -4.08. The van der Waals surface area contributed by atoms with E-state index in [-0.39, 0.29) is 16.6 Å². The molecule has 1 atom stereocenters. The molecule has 32 heavy (non-hydrogen) atoms. The third-order valence-electron chi connectivity index (χ3n) is 5.73. The number of halogens is 4. The monoisotopic (exact) mass is 467 g/mol. The molecule has 3 heterocycles. The Morgan fingerprint density at radius 2 is 1.94 bits per heavy atom. The van der Waals surface area contributed by atoms with E-state index in [2.05, 4.69) is 10.2 Å². The van der Waals surface area contributed by atoms with Crippen molar-refractivity contribution in [2.75, 3.05) is 13.7 Å². The number of methoxy groups -OCH3 is 1. The van der Waals surface area contributed by atoms with E-state index >= 15 is 0 Å². The minimum atomic E-state index is -4.51. The molecule has 1 amide bonds. The van der Waals surface area contributed by atoms with Gasteiger partial charge in [0.15, 0.2) is 0 Å². The first-order valence-corrected chi connectivity index (χ1v) is 10.2. The molecule has 1 aliphatic rings. The van der Waals surface area contributed by atoms with E-state index in [0.29, 0.717) is 35.7 Å². The summed E-state index contributed by atoms with van der Waals surface area (Å²) >= 11 is 6.34. The number of hydrogen-bond donors (Lipinski definition) is 0. The molecule has 3 aromatic rings. The van der Waals surface area contributed by atoms with E-state index in [4.69, 9.17) is 16.3 Å². The van der Waals surface area contributed by atoms with Gasteiger partial charge in [0.05, 0.1) is 35.1 Å². The number of aromatic nitrogens is 4. The first-order valence-electron chi connectivity index (χ1n) is 9.85. The summed E-state index contributed by atoms with van der Waals surface area (Å²) in [6.45, 7) is 2.19. The number of amides is 1. The van der Waals surface area contributed by atoms with Gasteiger partial charge in [-0.15, -0.1) is 0 Å². The molecule has 4 rings (SSSR count). The second-order valence-corrected chi connectivity index (χ2v) is 8.00. The predicted octanol–water partition coefficient (Wildman–Crippen LogP) is 4.26. The molecule has 1 aromatic carbocycles. The zero-order valence-electron chi connectivity index (χ0n) is 17.9. The lowest BCUT2D eigenvalue weighted by Crippen LogP contribution is -2.39. The zero-order chi connectivity index (χ0) is 23.4. The van der Waals surface area contributed by atoms with Crippen molar-refractivity contribution >= 4 is 17.5 Å². The van der Waals surface area contributed by atoms with Crippen molar-refractivity contribution in [2.45, 2.75) is 25.6 Å². The number of ether oxygens (including phenoxy) is 1. The molecule has 170 valence electrons. The maximum Gasteiger partial charge on any atom is 0.433 e. The van der Waals surface area contributed by atoms with Crippen molar-refractivity contribution in [3.05, 3.63) is 51.8 Å². The van der Waals surface area contributed by atoms with E-state index in [1.54, 1.807) is 30.1 Å². The van der Waals surface area contributed by atoms with Crippen LogP contribution in [0.15, 0.2) is 24.3 Å². The fraction of sp³-hybridized carbons (Fsp3) is 0.381. The maximum atomic E-state index is 13.2. The van der Waals surface area contributed by atoms with Gasteiger partial charge in [-0.05, 0) is 31.5 Å². The molecule has 7 nitrogen and oxygen atoms in total. The van der Waals surface area contributed by atoms with Gasteiger partial charge >= 0.3 is 6.18 Å². The standard InChI is InChI=1S/C21H21ClF3N5O2/c1-11-18-13(8-9-30(11)20(31)12-6-5-7-15(32-4)17(12)22)19(29(3)27-18)14-10-16(21(23,24)25)28(2)26-14/h5-7,10-11H,8-9H2,1-4H3. The molecule has 0 radical (unpaired) electrons. The Labute approximate surface area is 187 Å². The van der Waals surface area contributed by atoms with Gasteiger partial charge in [0, 0.05) is 26.2 Å². The van der Waals surface area contributed by atoms with Crippen LogP contribution in [0.5, 0.6) is 5.75 Å². The molecule has 1 aliphatic heterocycles. The van der Waals surface area contributed by atoms with Crippen LogP contribution in [0.4, 0.5) is 13.2 Å². The molecular weight excluding hydrogens is 447 g/mol. The summed E-state index contributed by atoms with van der Waals surface area (Å²) in [7, 11) is 4.39. The molecule has 1 unspecified atom stereocenters. The van der Waals surface area contributed by atoms with Crippen LogP contribution in [-0.2, 0) is 26.7 Å². The molecule has 11 heteroatoms. The minimum absolute atomic E-state index is 0.193. The summed E-state index contributed by atoms with van der Waals surface area (Å²) < 4.78 is 47.3. The number of alkyl halides is 3. The van der Waals surface area contributed by atoms with Gasteiger partial charge in [-0.25, -0.2) is 0 Å². The molecule has 0 N–H and O–H groups in total. The van der Waals surface area contributed by atoms with E-state index in [1.807, 2.05) is 6.92 Å². The van der Waals surface area contributed by atoms with Crippen LogP contribution in [0, 0.1) is 0 Å². The van der Waals surface area contributed by atoms with Gasteiger partial charge in [0.1, 0.15) is 17.1 Å². The Balaban J connectivity index is 1.70. The van der Waals surface area contributed by atoms with Crippen LogP contribution < -0.4 is 4.74 Å². The van der Waals surface area contributed by atoms with Gasteiger partial charge in [0.25, 0.3) is 5.91 Å². The lowest BCUT2D eigenvalue weighted by molar-refractivity contribution is -0.143. The van der Waals surface area contributed by atoms with Crippen molar-refractivity contribution in [1.29, 1.82) is 0 Å². The summed E-state index contributed by atoms with van der Waals surface area (Å²) in [4.78, 5) is 14.9. The molecule has 0 aliphatic carbocycles. The molecule has 0 spiro atoms. The quantitative estimate of drug-likeness (QED) is 0.577. The average Bonchev–Trinajstić information content (AvgIpc) is 3.27. The lowest BCUT2D eigenvalue weighted by atomic mass is 9.96. The van der Waals surface area contributed by atoms with Gasteiger partial charge in [-0.1, -0.05) is 17.7 Å². The highest BCUT2D eigenvalue weighted by Gasteiger charge is 2.38. The predicted molar refractivity (Wildman–Crippen MR) is 112 cm³/mol. The Hall–Kier alpha value is -3.01. The number of fused-ring (bicyclic) bond motifs is 1. The Kier molecular flexibility index (Phi) is 5.44. The van der Waals surface area contributed by atoms with Crippen LogP contribution in [-0.4, -0.2) is 44.0 Å². The lowest BCUT2D eigenvalue weighted by Gasteiger charge is -2.33. The van der Waals surface area contributed by atoms with Gasteiger partial charge in [0.2, 0.25) is 0 Å². The highest BCUT2D eigenvalue weighted by molar-refractivity contribution is 6.35. The zero-order valence-corrected chi connectivity index (χ0v) is 18.6. The minimum Gasteiger partial charge on any atom is -0.495 e. The van der Waals surface area contributed by atoms with Gasteiger partial charge < -0.3 is 9.64 Å². The van der Waals surface area contributed by atoms with Crippen molar-refractivity contribution < 1.29 is 22.7 Å². The second-order valence-electron chi connectivity index (χ2n) is 7.62. The van der Waals surface area contributed by atoms with Crippen molar-refractivity contribution in [1.82, 2.24) is 24.5 Å². The largest absolute Gasteiger partial charge is 0.495 e. The van der Waals surface area contributed by atoms with Crippen LogP contribution in [0.2, 0.25) is 5.02 Å². The Morgan fingerprint density at radius 1 is 1.22 bits per heavy atom. The van der Waals surface area contributed by atoms with Crippen LogP contribution in [0.1, 0.15) is 40.3 Å². The number of carbonyl (C=O) groups is 1. The van der Waals surface area contributed by atoms with E-state index in [9.17, 15) is 18.0 Å². The number of nitrogens with zero attached hydrogens (tertiary/aromatic N) is 5. The van der Waals surface area contributed by atoms with E-state index < -0.39 is 17.9 Å². The molecule has 0 saturated carbocycles. The fourth-order valence-electron chi connectivity index (χ4n) is 4.18. The Bertz CT molecular complexity index is 1200. The fourth-order valence-corrected chi connectivity index (χ4v) is 4.46. The van der Waals surface area contributed by atoms with Crippen LogP contribution in [0.25, 0.3) is 11.4 Å². The maximum absolute atomic E-state index is 13.2. The normalized spacial score (nSPS) is 16.2.